The van der Waals surface area contributed by atoms with E-state index in [1.807, 2.05) is 0 Å². The van der Waals surface area contributed by atoms with Gasteiger partial charge >= 0.3 is 0 Å². The summed E-state index contributed by atoms with van der Waals surface area (Å²) in [6, 6.07) is 0. The molecule has 0 N–H and O–H groups in total. The van der Waals surface area contributed by atoms with Crippen LogP contribution in [0.3, 0.4) is 0 Å². The molecule has 0 amide bonds. The summed E-state index contributed by atoms with van der Waals surface area (Å²) in [5.74, 6) is 1.45. The molecule has 1 heterocycles. The molecule has 6 aliphatic carbocycles. The normalized spacial score (nSPS) is 61.4. The third-order valence-electron chi connectivity index (χ3n) is 10.2. The van der Waals surface area contributed by atoms with Crippen molar-refractivity contribution in [3.05, 3.63) is 0 Å². The minimum absolute atomic E-state index is 0.0534. The van der Waals surface area contributed by atoms with Gasteiger partial charge in [-0.05, 0) is 60.7 Å². The van der Waals surface area contributed by atoms with Crippen molar-refractivity contribution in [1.82, 2.24) is 0 Å². The first kappa shape index (κ1) is 13.8. The minimum atomic E-state index is -0.279. The van der Waals surface area contributed by atoms with E-state index < -0.39 is 0 Å². The molecule has 7 fully saturated rings. The largest absolute Gasteiger partial charge is 0.348 e. The molecule has 3 heteroatoms. The molecular formula is C20H28O3. The highest BCUT2D eigenvalue weighted by Gasteiger charge is 2.90. The van der Waals surface area contributed by atoms with Crippen LogP contribution in [0.2, 0.25) is 0 Å². The number of fused-ring (bicyclic) bond motifs is 1. The first-order chi connectivity index (χ1) is 10.9. The molecule has 126 valence electrons. The van der Waals surface area contributed by atoms with Crippen LogP contribution >= 0.6 is 0 Å². The first-order valence-electron chi connectivity index (χ1n) is 9.76. The summed E-state index contributed by atoms with van der Waals surface area (Å²) in [6.07, 6.45) is 9.44. The lowest BCUT2D eigenvalue weighted by atomic mass is 9.37. The number of carbonyl (C=O) groups excluding carboxylic acids is 1. The molecule has 0 aromatic heterocycles. The van der Waals surface area contributed by atoms with Crippen molar-refractivity contribution in [3.63, 3.8) is 0 Å². The van der Waals surface area contributed by atoms with Gasteiger partial charge in [0.05, 0.1) is 13.2 Å². The van der Waals surface area contributed by atoms with Crippen molar-refractivity contribution in [2.24, 2.45) is 33.5 Å². The van der Waals surface area contributed by atoms with Gasteiger partial charge < -0.3 is 9.47 Å². The Morgan fingerprint density at radius 1 is 0.913 bits per heavy atom. The summed E-state index contributed by atoms with van der Waals surface area (Å²) in [5.41, 5.74) is 1.02. The van der Waals surface area contributed by atoms with E-state index in [4.69, 9.17) is 9.47 Å². The van der Waals surface area contributed by atoms with Crippen LogP contribution in [0, 0.1) is 33.5 Å². The maximum atomic E-state index is 13.1. The number of carbonyl (C=O) groups is 1. The van der Waals surface area contributed by atoms with Crippen LogP contribution in [0.1, 0.15) is 65.2 Å². The van der Waals surface area contributed by atoms with E-state index in [1.165, 1.54) is 32.1 Å². The highest BCUT2D eigenvalue weighted by atomic mass is 16.7. The van der Waals surface area contributed by atoms with Crippen LogP contribution in [-0.2, 0) is 14.3 Å². The number of Topliss-reactive ketones (excluding diaryl/α,β-unsaturated/α-hetero) is 1. The zero-order valence-electron chi connectivity index (χ0n) is 14.5. The van der Waals surface area contributed by atoms with E-state index in [1.54, 1.807) is 0 Å². The zero-order chi connectivity index (χ0) is 15.7. The number of hydrogen-bond acceptors (Lipinski definition) is 3. The Morgan fingerprint density at radius 2 is 1.65 bits per heavy atom. The Morgan fingerprint density at radius 3 is 2.43 bits per heavy atom. The van der Waals surface area contributed by atoms with Crippen LogP contribution in [-0.4, -0.2) is 24.8 Å². The fourth-order valence-electron chi connectivity index (χ4n) is 9.10. The Balaban J connectivity index is 1.45. The second-order valence-electron chi connectivity index (χ2n) is 9.99. The average Bonchev–Trinajstić information content (AvgIpc) is 3.22. The maximum Gasteiger partial charge on any atom is 0.168 e. The second kappa shape index (κ2) is 3.58. The minimum Gasteiger partial charge on any atom is -0.348 e. The van der Waals surface area contributed by atoms with Gasteiger partial charge in [0.1, 0.15) is 5.78 Å². The molecule has 6 atom stereocenters. The SMILES string of the molecule is CC12CCC34CC1C(=O)C23CC[C@@H]1CC2(CC[C@@]14C)OCCO2. The second-order valence-corrected chi connectivity index (χ2v) is 9.99. The highest BCUT2D eigenvalue weighted by Crippen LogP contribution is 2.91. The molecule has 0 aromatic carbocycles. The van der Waals surface area contributed by atoms with E-state index in [-0.39, 0.29) is 11.2 Å². The van der Waals surface area contributed by atoms with Crippen molar-refractivity contribution in [2.45, 2.75) is 71.0 Å². The van der Waals surface area contributed by atoms with Gasteiger partial charge in [0.2, 0.25) is 0 Å². The molecule has 2 spiro atoms. The van der Waals surface area contributed by atoms with E-state index in [2.05, 4.69) is 13.8 Å². The fraction of sp³-hybridized carbons (Fsp3) is 0.950. The Hall–Kier alpha value is -0.410. The number of ether oxygens (including phenoxy) is 2. The molecule has 0 radical (unpaired) electrons. The van der Waals surface area contributed by atoms with Crippen molar-refractivity contribution in [1.29, 1.82) is 0 Å². The number of rotatable bonds is 0. The predicted octanol–water partition coefficient (Wildman–Crippen LogP) is 3.71. The van der Waals surface area contributed by atoms with Gasteiger partial charge in [0.15, 0.2) is 5.79 Å². The van der Waals surface area contributed by atoms with Crippen LogP contribution in [0.4, 0.5) is 0 Å². The lowest BCUT2D eigenvalue weighted by Gasteiger charge is -2.65. The molecule has 1 saturated heterocycles. The highest BCUT2D eigenvalue weighted by molar-refractivity contribution is 6.00. The number of ketones is 1. The van der Waals surface area contributed by atoms with Gasteiger partial charge in [-0.1, -0.05) is 13.8 Å². The van der Waals surface area contributed by atoms with E-state index >= 15 is 0 Å². The third kappa shape index (κ3) is 1.08. The standard InChI is InChI=1S/C20H28O3/c1-16-6-8-19(22-9-10-23-19)11-13(16)3-4-20-15(21)14-12-18(16,20)7-5-17(14,20)2/h13-14H,3-12H2,1-2H3/t13-,14?,16+,17?,18?,20?/m1/s1. The van der Waals surface area contributed by atoms with Crippen LogP contribution in [0.5, 0.6) is 0 Å². The molecule has 0 aromatic rings. The van der Waals surface area contributed by atoms with Crippen LogP contribution in [0.25, 0.3) is 0 Å². The Labute approximate surface area is 138 Å². The van der Waals surface area contributed by atoms with Gasteiger partial charge in [0, 0.05) is 24.2 Å². The first-order valence-corrected chi connectivity index (χ1v) is 9.76. The van der Waals surface area contributed by atoms with Gasteiger partial charge in [0.25, 0.3) is 0 Å². The monoisotopic (exact) mass is 316 g/mol. The van der Waals surface area contributed by atoms with Crippen molar-refractivity contribution < 1.29 is 14.3 Å². The van der Waals surface area contributed by atoms with E-state index in [9.17, 15) is 4.79 Å². The van der Waals surface area contributed by atoms with Crippen molar-refractivity contribution in [2.75, 3.05) is 13.2 Å². The molecule has 3 nitrogen and oxygen atoms in total. The van der Waals surface area contributed by atoms with Gasteiger partial charge in [-0.2, -0.15) is 0 Å². The predicted molar refractivity (Wildman–Crippen MR) is 84.6 cm³/mol. The van der Waals surface area contributed by atoms with E-state index in [0.717, 1.165) is 32.5 Å². The molecule has 4 bridgehead atoms. The quantitative estimate of drug-likeness (QED) is 0.683. The number of hydrogen-bond donors (Lipinski definition) is 0. The molecule has 4 unspecified atom stereocenters. The topological polar surface area (TPSA) is 35.5 Å². The molecule has 1 aliphatic heterocycles. The zero-order valence-corrected chi connectivity index (χ0v) is 14.5. The van der Waals surface area contributed by atoms with Gasteiger partial charge in [-0.25, -0.2) is 0 Å². The van der Waals surface area contributed by atoms with Crippen molar-refractivity contribution in [3.8, 4) is 0 Å². The summed E-state index contributed by atoms with van der Waals surface area (Å²) >= 11 is 0. The third-order valence-corrected chi connectivity index (χ3v) is 10.2. The van der Waals surface area contributed by atoms with Crippen molar-refractivity contribution >= 4 is 5.78 Å². The lowest BCUT2D eigenvalue weighted by molar-refractivity contribution is -0.245. The molecule has 7 aliphatic rings. The Bertz CT molecular complexity index is 622. The summed E-state index contributed by atoms with van der Waals surface area (Å²) < 4.78 is 12.1. The summed E-state index contributed by atoms with van der Waals surface area (Å²) in [5, 5.41) is 0. The smallest absolute Gasteiger partial charge is 0.168 e. The molecular weight excluding hydrogens is 288 g/mol. The van der Waals surface area contributed by atoms with Gasteiger partial charge in [-0.15, -0.1) is 0 Å². The lowest BCUT2D eigenvalue weighted by Crippen LogP contribution is -2.65. The summed E-state index contributed by atoms with van der Waals surface area (Å²) in [4.78, 5) is 13.1. The maximum absolute atomic E-state index is 13.1. The van der Waals surface area contributed by atoms with Gasteiger partial charge in [-0.3, -0.25) is 4.79 Å². The van der Waals surface area contributed by atoms with E-state index in [0.29, 0.717) is 33.9 Å². The summed E-state index contributed by atoms with van der Waals surface area (Å²) in [7, 11) is 0. The molecule has 23 heavy (non-hydrogen) atoms. The van der Waals surface area contributed by atoms with Crippen LogP contribution in [0.15, 0.2) is 0 Å². The average molecular weight is 316 g/mol. The summed E-state index contributed by atoms with van der Waals surface area (Å²) in [6.45, 7) is 6.51. The molecule has 6 saturated carbocycles. The van der Waals surface area contributed by atoms with Crippen LogP contribution < -0.4 is 0 Å². The molecule has 7 rings (SSSR count). The fourth-order valence-corrected chi connectivity index (χ4v) is 9.10. The Kier molecular flexibility index (Phi) is 2.15.